The van der Waals surface area contributed by atoms with Crippen molar-refractivity contribution in [3.8, 4) is 11.5 Å². The normalized spacial score (nSPS) is 20.2. The Balaban J connectivity index is 1.20. The molecule has 0 amide bonds. The third kappa shape index (κ3) is 6.72. The lowest BCUT2D eigenvalue weighted by Crippen LogP contribution is -2.37. The Morgan fingerprint density at radius 3 is 1.74 bits per heavy atom. The minimum Gasteiger partial charge on any atom is -0.489 e. The fourth-order valence-electron chi connectivity index (χ4n) is 7.46. The first kappa shape index (κ1) is 29.9. The number of hydrogen-bond donors (Lipinski definition) is 0. The van der Waals surface area contributed by atoms with Crippen molar-refractivity contribution < 1.29 is 19.0 Å². The molecule has 5 aromatic rings. The molecule has 2 aliphatic rings. The molecule has 4 nitrogen and oxygen atoms in total. The lowest BCUT2D eigenvalue weighted by atomic mass is 9.57. The number of carbonyl (C=O) groups excluding carboxylic acids is 1. The molecule has 0 unspecified atom stereocenters. The monoisotopic (exact) mass is 608 g/mol. The van der Waals surface area contributed by atoms with Crippen LogP contribution in [0.2, 0.25) is 0 Å². The van der Waals surface area contributed by atoms with E-state index >= 15 is 0 Å². The molecule has 7 rings (SSSR count). The summed E-state index contributed by atoms with van der Waals surface area (Å²) < 4.78 is 18.5. The van der Waals surface area contributed by atoms with E-state index in [1.165, 1.54) is 24.0 Å². The van der Waals surface area contributed by atoms with Crippen molar-refractivity contribution in [1.82, 2.24) is 0 Å². The van der Waals surface area contributed by atoms with Gasteiger partial charge in [-0.15, -0.1) is 0 Å². The van der Waals surface area contributed by atoms with E-state index in [0.717, 1.165) is 46.6 Å². The van der Waals surface area contributed by atoms with Crippen LogP contribution in [0.4, 0.5) is 0 Å². The second kappa shape index (κ2) is 14.1. The molecule has 0 aliphatic heterocycles. The zero-order valence-corrected chi connectivity index (χ0v) is 26.1. The Kier molecular flexibility index (Phi) is 9.14. The maximum absolute atomic E-state index is 14.2. The van der Waals surface area contributed by atoms with Crippen molar-refractivity contribution in [2.75, 3.05) is 0 Å². The van der Waals surface area contributed by atoms with Gasteiger partial charge in [0, 0.05) is 5.92 Å². The van der Waals surface area contributed by atoms with Gasteiger partial charge in [-0.1, -0.05) is 122 Å². The first-order valence-electron chi connectivity index (χ1n) is 16.5. The van der Waals surface area contributed by atoms with Crippen LogP contribution in [-0.2, 0) is 29.4 Å². The predicted octanol–water partition coefficient (Wildman–Crippen LogP) is 9.74. The van der Waals surface area contributed by atoms with Gasteiger partial charge in [0.25, 0.3) is 0 Å². The third-order valence-corrected chi connectivity index (χ3v) is 9.67. The van der Waals surface area contributed by atoms with Crippen molar-refractivity contribution in [3.63, 3.8) is 0 Å². The second-order valence-electron chi connectivity index (χ2n) is 12.6. The topological polar surface area (TPSA) is 44.8 Å². The first-order valence-corrected chi connectivity index (χ1v) is 16.5. The molecule has 0 spiro atoms. The molecule has 0 radical (unpaired) electrons. The molecule has 0 bridgehead atoms. The summed E-state index contributed by atoms with van der Waals surface area (Å²) in [5.74, 6) is 1.81. The van der Waals surface area contributed by atoms with Gasteiger partial charge in [0.15, 0.2) is 0 Å². The number of rotatable bonds is 10. The molecule has 4 heteroatoms. The highest BCUT2D eigenvalue weighted by molar-refractivity contribution is 5.81. The van der Waals surface area contributed by atoms with Crippen LogP contribution in [0.15, 0.2) is 133 Å². The van der Waals surface area contributed by atoms with E-state index in [-0.39, 0.29) is 18.5 Å². The average molecular weight is 609 g/mol. The molecule has 232 valence electrons. The number of ether oxygens (including phenoxy) is 3. The molecule has 2 aliphatic carbocycles. The van der Waals surface area contributed by atoms with Crippen LogP contribution in [-0.4, -0.2) is 5.97 Å². The summed E-state index contributed by atoms with van der Waals surface area (Å²) in [6.45, 7) is 1.29. The number of carbonyl (C=O) groups is 1. The maximum atomic E-state index is 14.2. The minimum atomic E-state index is -0.405. The van der Waals surface area contributed by atoms with Crippen LogP contribution in [0.5, 0.6) is 11.5 Å². The number of hydrogen-bond acceptors (Lipinski definition) is 4. The molecular formula is C42H40O4. The molecule has 0 saturated heterocycles. The Bertz CT molecular complexity index is 1720. The van der Waals surface area contributed by atoms with Gasteiger partial charge >= 0.3 is 5.97 Å². The third-order valence-electron chi connectivity index (χ3n) is 9.67. The molecule has 0 heterocycles. The fraction of sp³-hybridized carbons (Fsp3) is 0.262. The Morgan fingerprint density at radius 2 is 1.11 bits per heavy atom. The zero-order valence-electron chi connectivity index (χ0n) is 26.1. The van der Waals surface area contributed by atoms with Gasteiger partial charge in [-0.2, -0.15) is 0 Å². The summed E-state index contributed by atoms with van der Waals surface area (Å²) >= 11 is 0. The molecule has 0 aromatic heterocycles. The van der Waals surface area contributed by atoms with Crippen molar-refractivity contribution in [1.29, 1.82) is 0 Å². The van der Waals surface area contributed by atoms with Crippen molar-refractivity contribution >= 4 is 5.97 Å². The SMILES string of the molecule is O=C(OCc1ccccc1)[C@H]1c2ccc(OCc3ccccc3)cc2[C@@H]2CCCC[C@@H]2[C@@H]1c1ccc(OCc2ccccc2)cc1. The van der Waals surface area contributed by atoms with E-state index < -0.39 is 5.92 Å². The summed E-state index contributed by atoms with van der Waals surface area (Å²) in [5, 5.41) is 0. The van der Waals surface area contributed by atoms with Gasteiger partial charge < -0.3 is 14.2 Å². The van der Waals surface area contributed by atoms with Crippen LogP contribution in [0, 0.1) is 5.92 Å². The molecule has 4 atom stereocenters. The van der Waals surface area contributed by atoms with E-state index in [0.29, 0.717) is 25.0 Å². The Morgan fingerprint density at radius 1 is 0.565 bits per heavy atom. The number of fused-ring (bicyclic) bond motifs is 3. The van der Waals surface area contributed by atoms with E-state index in [1.807, 2.05) is 72.8 Å². The smallest absolute Gasteiger partial charge is 0.314 e. The van der Waals surface area contributed by atoms with E-state index in [4.69, 9.17) is 14.2 Å². The second-order valence-corrected chi connectivity index (χ2v) is 12.6. The lowest BCUT2D eigenvalue weighted by Gasteiger charge is -2.46. The van der Waals surface area contributed by atoms with Crippen LogP contribution >= 0.6 is 0 Å². The highest BCUT2D eigenvalue weighted by Gasteiger charge is 2.47. The van der Waals surface area contributed by atoms with Gasteiger partial charge in [-0.05, 0) is 82.3 Å². The Hall–Kier alpha value is -4.83. The highest BCUT2D eigenvalue weighted by atomic mass is 16.5. The van der Waals surface area contributed by atoms with Crippen LogP contribution < -0.4 is 9.47 Å². The van der Waals surface area contributed by atoms with Crippen molar-refractivity contribution in [2.45, 2.75) is 63.3 Å². The molecular weight excluding hydrogens is 568 g/mol. The van der Waals surface area contributed by atoms with Crippen LogP contribution in [0.3, 0.4) is 0 Å². The fourth-order valence-corrected chi connectivity index (χ4v) is 7.46. The summed E-state index contributed by atoms with van der Waals surface area (Å²) in [6, 6.07) is 45.2. The molecule has 1 fully saturated rings. The maximum Gasteiger partial charge on any atom is 0.314 e. The predicted molar refractivity (Wildman–Crippen MR) is 181 cm³/mol. The van der Waals surface area contributed by atoms with Crippen molar-refractivity contribution in [2.24, 2.45) is 5.92 Å². The number of esters is 1. The average Bonchev–Trinajstić information content (AvgIpc) is 3.13. The van der Waals surface area contributed by atoms with Gasteiger partial charge in [0.05, 0.1) is 5.92 Å². The molecule has 5 aromatic carbocycles. The van der Waals surface area contributed by atoms with Crippen molar-refractivity contribution in [3.05, 3.63) is 167 Å². The van der Waals surface area contributed by atoms with E-state index in [9.17, 15) is 4.79 Å². The molecule has 0 N–H and O–H groups in total. The zero-order chi connectivity index (χ0) is 31.1. The molecule has 1 saturated carbocycles. The summed E-state index contributed by atoms with van der Waals surface area (Å²) in [7, 11) is 0. The minimum absolute atomic E-state index is 0.0142. The van der Waals surface area contributed by atoms with Crippen LogP contribution in [0.1, 0.15) is 76.8 Å². The van der Waals surface area contributed by atoms with E-state index in [2.05, 4.69) is 60.7 Å². The van der Waals surface area contributed by atoms with Crippen LogP contribution in [0.25, 0.3) is 0 Å². The summed E-state index contributed by atoms with van der Waals surface area (Å²) in [6.07, 6.45) is 4.55. The largest absolute Gasteiger partial charge is 0.489 e. The first-order chi connectivity index (χ1) is 22.7. The van der Waals surface area contributed by atoms with Gasteiger partial charge in [0.1, 0.15) is 31.3 Å². The number of benzene rings is 5. The van der Waals surface area contributed by atoms with E-state index in [1.54, 1.807) is 0 Å². The quantitative estimate of drug-likeness (QED) is 0.148. The van der Waals surface area contributed by atoms with Gasteiger partial charge in [0.2, 0.25) is 0 Å². The van der Waals surface area contributed by atoms with Gasteiger partial charge in [-0.25, -0.2) is 0 Å². The summed E-state index contributed by atoms with van der Waals surface area (Å²) in [5.41, 5.74) is 6.74. The standard InChI is InChI=1S/C42H40O4/c43-42(46-29-32-16-8-3-9-17-32)41-38-25-24-35(45-28-31-14-6-2-7-15-31)26-39(38)36-18-10-11-19-37(36)40(41)33-20-22-34(23-21-33)44-27-30-12-4-1-5-13-30/h1-9,12-17,20-26,36-37,40-41H,10-11,18-19,27-29H2/t36-,37+,40+,41+/m1/s1. The lowest BCUT2D eigenvalue weighted by molar-refractivity contribution is -0.148. The Labute approximate surface area is 272 Å². The molecule has 46 heavy (non-hydrogen) atoms. The highest BCUT2D eigenvalue weighted by Crippen LogP contribution is 2.57. The summed E-state index contributed by atoms with van der Waals surface area (Å²) in [4.78, 5) is 14.2. The van der Waals surface area contributed by atoms with Gasteiger partial charge in [-0.3, -0.25) is 4.79 Å².